The van der Waals surface area contributed by atoms with Crippen LogP contribution in [0.2, 0.25) is 0 Å². The third-order valence-corrected chi connectivity index (χ3v) is 5.18. The van der Waals surface area contributed by atoms with Crippen LogP contribution in [-0.2, 0) is 13.1 Å². The molecule has 1 fully saturated rings. The summed E-state index contributed by atoms with van der Waals surface area (Å²) in [4.78, 5) is 4.33. The molecule has 0 atom stereocenters. The molecule has 0 aliphatic heterocycles. The number of rotatable bonds is 8. The van der Waals surface area contributed by atoms with E-state index in [0.29, 0.717) is 19.0 Å². The quantitative estimate of drug-likeness (QED) is 0.523. The van der Waals surface area contributed by atoms with Crippen LogP contribution in [0.1, 0.15) is 36.8 Å². The molecule has 0 radical (unpaired) electrons. The Kier molecular flexibility index (Phi) is 7.61. The van der Waals surface area contributed by atoms with Crippen molar-refractivity contribution in [2.45, 2.75) is 44.9 Å². The van der Waals surface area contributed by atoms with Crippen LogP contribution in [-0.4, -0.2) is 33.3 Å². The second-order valence-corrected chi connectivity index (χ2v) is 7.06. The molecule has 0 saturated heterocycles. The van der Waals surface area contributed by atoms with E-state index in [-0.39, 0.29) is 6.10 Å². The number of aliphatic imine (C=N–C) groups is 1. The van der Waals surface area contributed by atoms with E-state index in [1.54, 1.807) is 21.3 Å². The third kappa shape index (κ3) is 5.56. The highest BCUT2D eigenvalue weighted by atomic mass is 16.5. The van der Waals surface area contributed by atoms with Crippen molar-refractivity contribution in [1.29, 1.82) is 0 Å². The first-order valence-corrected chi connectivity index (χ1v) is 10.1. The van der Waals surface area contributed by atoms with Crippen molar-refractivity contribution in [3.8, 4) is 17.2 Å². The fourth-order valence-electron chi connectivity index (χ4n) is 3.60. The van der Waals surface area contributed by atoms with Gasteiger partial charge in [-0.15, -0.1) is 0 Å². The predicted octanol–water partition coefficient (Wildman–Crippen LogP) is 3.89. The predicted molar refractivity (Wildman–Crippen MR) is 116 cm³/mol. The van der Waals surface area contributed by atoms with Crippen LogP contribution in [0, 0.1) is 0 Å². The number of hydrogen-bond donors (Lipinski definition) is 2. The first-order valence-electron chi connectivity index (χ1n) is 10.1. The van der Waals surface area contributed by atoms with Crippen LogP contribution >= 0.6 is 0 Å². The molecule has 156 valence electrons. The smallest absolute Gasteiger partial charge is 0.191 e. The number of para-hydroxylation sites is 2. The Hall–Kier alpha value is -2.89. The van der Waals surface area contributed by atoms with E-state index in [4.69, 9.17) is 14.2 Å². The topological polar surface area (TPSA) is 64.1 Å². The molecule has 1 aliphatic carbocycles. The van der Waals surface area contributed by atoms with Gasteiger partial charge in [0.25, 0.3) is 0 Å². The van der Waals surface area contributed by atoms with Crippen molar-refractivity contribution in [3.05, 3.63) is 53.6 Å². The summed E-state index contributed by atoms with van der Waals surface area (Å²) in [5.74, 6) is 3.17. The highest BCUT2D eigenvalue weighted by Gasteiger charge is 2.20. The van der Waals surface area contributed by atoms with E-state index in [1.807, 2.05) is 36.4 Å². The Labute approximate surface area is 173 Å². The molecule has 6 nitrogen and oxygen atoms in total. The van der Waals surface area contributed by atoms with Gasteiger partial charge in [-0.3, -0.25) is 4.99 Å². The molecule has 1 aliphatic rings. The van der Waals surface area contributed by atoms with Gasteiger partial charge < -0.3 is 24.8 Å². The zero-order chi connectivity index (χ0) is 20.5. The van der Waals surface area contributed by atoms with Gasteiger partial charge in [0.15, 0.2) is 17.5 Å². The van der Waals surface area contributed by atoms with Crippen LogP contribution in [0.3, 0.4) is 0 Å². The average molecular weight is 398 g/mol. The largest absolute Gasteiger partial charge is 0.496 e. The van der Waals surface area contributed by atoms with Crippen molar-refractivity contribution in [3.63, 3.8) is 0 Å². The molecule has 0 unspecified atom stereocenters. The van der Waals surface area contributed by atoms with E-state index in [0.717, 1.165) is 41.2 Å². The van der Waals surface area contributed by atoms with Gasteiger partial charge in [0, 0.05) is 31.3 Å². The number of nitrogens with zero attached hydrogens (tertiary/aromatic N) is 1. The number of benzene rings is 2. The number of nitrogens with one attached hydrogen (secondary N) is 2. The minimum atomic E-state index is 0.271. The summed E-state index contributed by atoms with van der Waals surface area (Å²) in [5.41, 5.74) is 2.13. The summed E-state index contributed by atoms with van der Waals surface area (Å²) in [5, 5.41) is 6.71. The Bertz CT molecular complexity index is 817. The molecule has 2 aromatic rings. The second-order valence-electron chi connectivity index (χ2n) is 7.06. The number of guanidine groups is 1. The van der Waals surface area contributed by atoms with Gasteiger partial charge in [0.05, 0.1) is 20.3 Å². The van der Waals surface area contributed by atoms with Gasteiger partial charge in [0.1, 0.15) is 5.75 Å². The average Bonchev–Trinajstić information content (AvgIpc) is 3.28. The Morgan fingerprint density at radius 2 is 1.52 bits per heavy atom. The minimum absolute atomic E-state index is 0.271. The molecule has 2 aromatic carbocycles. The summed E-state index contributed by atoms with van der Waals surface area (Å²) in [7, 11) is 5.13. The van der Waals surface area contributed by atoms with Crippen molar-refractivity contribution in [2.24, 2.45) is 4.99 Å². The highest BCUT2D eigenvalue weighted by Crippen LogP contribution is 2.34. The van der Waals surface area contributed by atoms with Crippen molar-refractivity contribution < 1.29 is 14.2 Å². The number of methoxy groups -OCH3 is 2. The molecule has 0 spiro atoms. The van der Waals surface area contributed by atoms with Crippen LogP contribution < -0.4 is 24.8 Å². The molecule has 29 heavy (non-hydrogen) atoms. The van der Waals surface area contributed by atoms with E-state index in [9.17, 15) is 0 Å². The SMILES string of the molecule is CN=C(NCc1ccccc1OC)NCc1cccc(OC)c1OC1CCCC1. The van der Waals surface area contributed by atoms with E-state index in [1.165, 1.54) is 12.8 Å². The Morgan fingerprint density at radius 1 is 0.897 bits per heavy atom. The van der Waals surface area contributed by atoms with E-state index >= 15 is 0 Å². The molecule has 1 saturated carbocycles. The molecule has 0 heterocycles. The molecular formula is C23H31N3O3. The van der Waals surface area contributed by atoms with Crippen LogP contribution in [0.5, 0.6) is 17.2 Å². The van der Waals surface area contributed by atoms with E-state index < -0.39 is 0 Å². The van der Waals surface area contributed by atoms with Crippen molar-refractivity contribution in [1.82, 2.24) is 10.6 Å². The van der Waals surface area contributed by atoms with Crippen LogP contribution in [0.4, 0.5) is 0 Å². The zero-order valence-corrected chi connectivity index (χ0v) is 17.5. The standard InChI is InChI=1S/C23H31N3O3/c1-24-23(25-15-17-9-4-7-13-20(17)27-2)26-16-18-10-8-14-21(28-3)22(18)29-19-11-5-6-12-19/h4,7-10,13-14,19H,5-6,11-12,15-16H2,1-3H3,(H2,24,25,26). The van der Waals surface area contributed by atoms with Gasteiger partial charge >= 0.3 is 0 Å². The van der Waals surface area contributed by atoms with Crippen LogP contribution in [0.25, 0.3) is 0 Å². The maximum absolute atomic E-state index is 6.31. The maximum Gasteiger partial charge on any atom is 0.191 e. The normalized spacial score (nSPS) is 14.5. The fraction of sp³-hybridized carbons (Fsp3) is 0.435. The molecule has 0 aromatic heterocycles. The summed E-state index contributed by atoms with van der Waals surface area (Å²) in [6.07, 6.45) is 4.94. The Morgan fingerprint density at radius 3 is 2.21 bits per heavy atom. The van der Waals surface area contributed by atoms with Crippen molar-refractivity contribution >= 4 is 5.96 Å². The van der Waals surface area contributed by atoms with Crippen molar-refractivity contribution in [2.75, 3.05) is 21.3 Å². The number of ether oxygens (including phenoxy) is 3. The third-order valence-electron chi connectivity index (χ3n) is 5.18. The second kappa shape index (κ2) is 10.6. The van der Waals surface area contributed by atoms with Gasteiger partial charge in [-0.1, -0.05) is 30.3 Å². The lowest BCUT2D eigenvalue weighted by atomic mass is 10.1. The molecule has 0 bridgehead atoms. The summed E-state index contributed by atoms with van der Waals surface area (Å²) in [6, 6.07) is 14.0. The first-order chi connectivity index (χ1) is 14.2. The number of hydrogen-bond acceptors (Lipinski definition) is 4. The lowest BCUT2D eigenvalue weighted by molar-refractivity contribution is 0.198. The summed E-state index contributed by atoms with van der Waals surface area (Å²) < 4.78 is 17.3. The Balaban J connectivity index is 1.64. The van der Waals surface area contributed by atoms with Gasteiger partial charge in [-0.05, 0) is 37.8 Å². The molecular weight excluding hydrogens is 366 g/mol. The van der Waals surface area contributed by atoms with Gasteiger partial charge in [-0.2, -0.15) is 0 Å². The highest BCUT2D eigenvalue weighted by molar-refractivity contribution is 5.79. The first kappa shape index (κ1) is 20.8. The molecule has 3 rings (SSSR count). The maximum atomic E-state index is 6.31. The monoisotopic (exact) mass is 397 g/mol. The zero-order valence-electron chi connectivity index (χ0n) is 17.5. The summed E-state index contributed by atoms with van der Waals surface area (Å²) in [6.45, 7) is 1.21. The van der Waals surface area contributed by atoms with E-state index in [2.05, 4.69) is 21.7 Å². The fourth-order valence-corrected chi connectivity index (χ4v) is 3.60. The minimum Gasteiger partial charge on any atom is -0.496 e. The summed E-state index contributed by atoms with van der Waals surface area (Å²) >= 11 is 0. The van der Waals surface area contributed by atoms with Gasteiger partial charge in [-0.25, -0.2) is 0 Å². The molecule has 2 N–H and O–H groups in total. The molecule has 0 amide bonds. The molecule has 6 heteroatoms. The van der Waals surface area contributed by atoms with Gasteiger partial charge in [0.2, 0.25) is 0 Å². The van der Waals surface area contributed by atoms with Crippen LogP contribution in [0.15, 0.2) is 47.5 Å². The lowest BCUT2D eigenvalue weighted by Crippen LogP contribution is -2.36. The lowest BCUT2D eigenvalue weighted by Gasteiger charge is -2.20.